The minimum absolute atomic E-state index is 0.506. The number of methoxy groups -OCH3 is 1. The van der Waals surface area contributed by atoms with Crippen molar-refractivity contribution in [1.29, 1.82) is 0 Å². The van der Waals surface area contributed by atoms with Gasteiger partial charge in [-0.15, -0.1) is 11.3 Å². The van der Waals surface area contributed by atoms with Crippen LogP contribution in [-0.2, 0) is 0 Å². The Morgan fingerprint density at radius 3 is 2.54 bits per heavy atom. The number of imidazole rings is 1. The molecule has 0 bridgehead atoms. The molecule has 0 fully saturated rings. The molecule has 0 saturated carbocycles. The summed E-state index contributed by atoms with van der Waals surface area (Å²) in [6, 6.07) is 8.50. The summed E-state index contributed by atoms with van der Waals surface area (Å²) in [6.45, 7) is 10.9. The highest BCUT2D eigenvalue weighted by atomic mass is 32.1. The molecule has 0 aliphatic heterocycles. The molecule has 146 valence electrons. The first-order chi connectivity index (χ1) is 13.5. The van der Waals surface area contributed by atoms with Crippen LogP contribution in [0.15, 0.2) is 24.3 Å². The number of aryl methyl sites for hydroxylation is 3. The number of ether oxygens (including phenoxy) is 1. The van der Waals surface area contributed by atoms with E-state index in [1.54, 1.807) is 18.4 Å². The minimum atomic E-state index is 0.506. The van der Waals surface area contributed by atoms with Crippen LogP contribution in [-0.4, -0.2) is 21.7 Å². The Morgan fingerprint density at radius 1 is 1.11 bits per heavy atom. The Labute approximate surface area is 170 Å². The monoisotopic (exact) mass is 393 g/mol. The summed E-state index contributed by atoms with van der Waals surface area (Å²) in [5.74, 6) is 1.39. The largest absolute Gasteiger partial charge is 0.497 e. The molecule has 0 aliphatic carbocycles. The maximum Gasteiger partial charge on any atom is 0.158 e. The van der Waals surface area contributed by atoms with Gasteiger partial charge in [-0.25, -0.2) is 9.50 Å². The molecule has 3 aromatic heterocycles. The second kappa shape index (κ2) is 7.21. The highest BCUT2D eigenvalue weighted by Gasteiger charge is 2.22. The van der Waals surface area contributed by atoms with Crippen LogP contribution in [0.2, 0.25) is 0 Å². The standard InChI is InChI=1S/C23H27N3OS/c1-7-16(8-2)19-11-13(3)25-26-21(15(5)24-23(19)26)22-14(4)18-12-17(27-6)9-10-20(18)28-22/h9-12,16H,7-8H2,1-6H3. The lowest BCUT2D eigenvalue weighted by atomic mass is 9.95. The van der Waals surface area contributed by atoms with Gasteiger partial charge in [0.1, 0.15) is 11.4 Å². The zero-order valence-electron chi connectivity index (χ0n) is 17.5. The number of hydrogen-bond acceptors (Lipinski definition) is 4. The fourth-order valence-electron chi connectivity index (χ4n) is 4.12. The molecular formula is C23H27N3OS. The van der Waals surface area contributed by atoms with E-state index >= 15 is 0 Å². The van der Waals surface area contributed by atoms with Crippen molar-refractivity contribution in [3.63, 3.8) is 0 Å². The first-order valence-electron chi connectivity index (χ1n) is 9.92. The van der Waals surface area contributed by atoms with Crippen LogP contribution < -0.4 is 4.74 Å². The Balaban J connectivity index is 2.01. The lowest BCUT2D eigenvalue weighted by Gasteiger charge is -2.14. The molecule has 0 atom stereocenters. The van der Waals surface area contributed by atoms with Crippen molar-refractivity contribution in [3.8, 4) is 16.3 Å². The van der Waals surface area contributed by atoms with Crippen molar-refractivity contribution in [1.82, 2.24) is 14.6 Å². The van der Waals surface area contributed by atoms with Crippen LogP contribution in [0, 0.1) is 20.8 Å². The van der Waals surface area contributed by atoms with Gasteiger partial charge in [-0.2, -0.15) is 5.10 Å². The number of rotatable bonds is 5. The topological polar surface area (TPSA) is 39.4 Å². The Morgan fingerprint density at radius 2 is 1.86 bits per heavy atom. The first kappa shape index (κ1) is 18.9. The van der Waals surface area contributed by atoms with Crippen LogP contribution >= 0.6 is 11.3 Å². The fourth-order valence-corrected chi connectivity index (χ4v) is 5.39. The second-order valence-corrected chi connectivity index (χ2v) is 8.51. The summed E-state index contributed by atoms with van der Waals surface area (Å²) in [6.07, 6.45) is 2.22. The summed E-state index contributed by atoms with van der Waals surface area (Å²) in [5.41, 5.74) is 6.76. The highest BCUT2D eigenvalue weighted by molar-refractivity contribution is 7.22. The Kier molecular flexibility index (Phi) is 4.88. The van der Waals surface area contributed by atoms with Gasteiger partial charge in [0.2, 0.25) is 0 Å². The molecule has 4 nitrogen and oxygen atoms in total. The number of hydrogen-bond donors (Lipinski definition) is 0. The third kappa shape index (κ3) is 2.89. The van der Waals surface area contributed by atoms with Crippen molar-refractivity contribution in [2.75, 3.05) is 7.11 Å². The zero-order valence-corrected chi connectivity index (χ0v) is 18.3. The molecule has 0 radical (unpaired) electrons. The van der Waals surface area contributed by atoms with E-state index in [4.69, 9.17) is 14.8 Å². The summed E-state index contributed by atoms with van der Waals surface area (Å²) in [5, 5.41) is 6.10. The van der Waals surface area contributed by atoms with E-state index in [0.717, 1.165) is 41.3 Å². The average Bonchev–Trinajstić information content (AvgIpc) is 3.18. The van der Waals surface area contributed by atoms with Gasteiger partial charge < -0.3 is 4.74 Å². The SMILES string of the molecule is CCC(CC)c1cc(C)nn2c(-c3sc4ccc(OC)cc4c3C)c(C)nc12. The van der Waals surface area contributed by atoms with Crippen LogP contribution in [0.3, 0.4) is 0 Å². The van der Waals surface area contributed by atoms with Crippen molar-refractivity contribution in [2.45, 2.75) is 53.4 Å². The van der Waals surface area contributed by atoms with Crippen molar-refractivity contribution in [3.05, 3.63) is 46.8 Å². The van der Waals surface area contributed by atoms with E-state index in [9.17, 15) is 0 Å². The quantitative estimate of drug-likeness (QED) is 0.391. The summed E-state index contributed by atoms with van der Waals surface area (Å²) in [4.78, 5) is 6.21. The van der Waals surface area contributed by atoms with Crippen molar-refractivity contribution < 1.29 is 4.74 Å². The van der Waals surface area contributed by atoms with Crippen LogP contribution in [0.4, 0.5) is 0 Å². The number of aromatic nitrogens is 3. The van der Waals surface area contributed by atoms with Crippen molar-refractivity contribution >= 4 is 27.1 Å². The summed E-state index contributed by atoms with van der Waals surface area (Å²) in [7, 11) is 1.71. The van der Waals surface area contributed by atoms with Crippen molar-refractivity contribution in [2.24, 2.45) is 0 Å². The molecule has 0 spiro atoms. The van der Waals surface area contributed by atoms with Gasteiger partial charge in [-0.1, -0.05) is 13.8 Å². The molecule has 0 amide bonds. The number of thiophene rings is 1. The van der Waals surface area contributed by atoms with E-state index in [1.165, 1.54) is 26.1 Å². The number of fused-ring (bicyclic) bond motifs is 2. The Bertz CT molecular complexity index is 1170. The third-order valence-corrected chi connectivity index (χ3v) is 6.97. The lowest BCUT2D eigenvalue weighted by molar-refractivity contribution is 0.415. The van der Waals surface area contributed by atoms with Crippen LogP contribution in [0.5, 0.6) is 5.75 Å². The molecule has 0 unspecified atom stereocenters. The van der Waals surface area contributed by atoms with E-state index in [2.05, 4.69) is 57.3 Å². The number of nitrogens with zero attached hydrogens (tertiary/aromatic N) is 3. The average molecular weight is 394 g/mol. The molecule has 0 aliphatic rings. The molecule has 3 heterocycles. The molecule has 5 heteroatoms. The van der Waals surface area contributed by atoms with Gasteiger partial charge in [0.15, 0.2) is 5.65 Å². The molecule has 28 heavy (non-hydrogen) atoms. The van der Waals surface area contributed by atoms with Crippen LogP contribution in [0.1, 0.15) is 55.1 Å². The van der Waals surface area contributed by atoms with Gasteiger partial charge in [0.25, 0.3) is 0 Å². The predicted molar refractivity (Wildman–Crippen MR) is 118 cm³/mol. The van der Waals surface area contributed by atoms with E-state index < -0.39 is 0 Å². The first-order valence-corrected chi connectivity index (χ1v) is 10.7. The molecule has 4 rings (SSSR count). The number of benzene rings is 1. The molecule has 0 N–H and O–H groups in total. The van der Waals surface area contributed by atoms with E-state index in [-0.39, 0.29) is 0 Å². The smallest absolute Gasteiger partial charge is 0.158 e. The Hall–Kier alpha value is -2.40. The minimum Gasteiger partial charge on any atom is -0.497 e. The molecular weight excluding hydrogens is 366 g/mol. The second-order valence-electron chi connectivity index (χ2n) is 7.45. The molecule has 1 aromatic carbocycles. The maximum absolute atomic E-state index is 5.43. The van der Waals surface area contributed by atoms with Gasteiger partial charge in [-0.05, 0) is 74.7 Å². The fraction of sp³-hybridized carbons (Fsp3) is 0.391. The van der Waals surface area contributed by atoms with Gasteiger partial charge in [0.05, 0.1) is 23.4 Å². The van der Waals surface area contributed by atoms with E-state index in [0.29, 0.717) is 5.92 Å². The van der Waals surface area contributed by atoms with E-state index in [1.807, 2.05) is 6.07 Å². The third-order valence-electron chi connectivity index (χ3n) is 5.69. The van der Waals surface area contributed by atoms with Gasteiger partial charge in [0, 0.05) is 10.3 Å². The normalized spacial score (nSPS) is 11.8. The molecule has 0 saturated heterocycles. The highest BCUT2D eigenvalue weighted by Crippen LogP contribution is 2.41. The van der Waals surface area contributed by atoms with Gasteiger partial charge in [-0.3, -0.25) is 0 Å². The zero-order chi connectivity index (χ0) is 20.0. The van der Waals surface area contributed by atoms with Gasteiger partial charge >= 0.3 is 0 Å². The predicted octanol–water partition coefficient (Wildman–Crippen LogP) is 6.45. The molecule has 4 aromatic rings. The lowest BCUT2D eigenvalue weighted by Crippen LogP contribution is -2.05. The summed E-state index contributed by atoms with van der Waals surface area (Å²) >= 11 is 1.81. The maximum atomic E-state index is 5.43. The summed E-state index contributed by atoms with van der Waals surface area (Å²) < 4.78 is 8.76. The van der Waals surface area contributed by atoms with Crippen LogP contribution in [0.25, 0.3) is 26.3 Å².